The van der Waals surface area contributed by atoms with Crippen LogP contribution in [0.4, 0.5) is 10.4 Å². The summed E-state index contributed by atoms with van der Waals surface area (Å²) in [7, 11) is 0. The van der Waals surface area contributed by atoms with Gasteiger partial charge in [0.05, 0.1) is 0 Å². The third-order valence-corrected chi connectivity index (χ3v) is 6.77. The molecule has 0 N–H and O–H groups in total. The van der Waals surface area contributed by atoms with Gasteiger partial charge in [-0.2, -0.15) is 4.98 Å². The van der Waals surface area contributed by atoms with Crippen LogP contribution < -0.4 is 4.90 Å². The molecule has 0 spiro atoms. The van der Waals surface area contributed by atoms with Crippen LogP contribution in [0, 0.1) is 23.6 Å². The van der Waals surface area contributed by atoms with Gasteiger partial charge >= 0.3 is 0 Å². The number of rotatable bonds is 3. The van der Waals surface area contributed by atoms with E-state index in [1.807, 2.05) is 0 Å². The molecule has 0 radical (unpaired) electrons. The van der Waals surface area contributed by atoms with Gasteiger partial charge in [-0.15, -0.1) is 0 Å². The second kappa shape index (κ2) is 6.80. The number of aromatic nitrogens is 1. The summed E-state index contributed by atoms with van der Waals surface area (Å²) >= 11 is 0. The first kappa shape index (κ1) is 17.0. The molecule has 2 saturated heterocycles. The molecule has 3 aliphatic rings. The highest BCUT2D eigenvalue weighted by atomic mass is 19.1. The lowest BCUT2D eigenvalue weighted by molar-refractivity contribution is -0.131. The molecule has 3 fully saturated rings. The number of hydrogen-bond donors (Lipinski definition) is 0. The van der Waals surface area contributed by atoms with Gasteiger partial charge in [-0.1, -0.05) is 6.42 Å². The molecule has 1 aromatic carbocycles. The molecule has 5 nitrogen and oxygen atoms in total. The molecule has 6 heteroatoms. The van der Waals surface area contributed by atoms with Crippen LogP contribution in [-0.4, -0.2) is 42.0 Å². The van der Waals surface area contributed by atoms with Crippen LogP contribution in [-0.2, 0) is 4.79 Å². The Labute approximate surface area is 158 Å². The van der Waals surface area contributed by atoms with Gasteiger partial charge in [-0.05, 0) is 55.6 Å². The standard InChI is InChI=1S/C21H26FN3O2/c22-17-4-5-18-19(11-17)27-21(23-18)24-8-6-14(7-9-24)10-20(26)25-12-15-2-1-3-16(15)13-25/h4-5,11,14-16H,1-3,6-10,12-13H2. The lowest BCUT2D eigenvalue weighted by Gasteiger charge is -2.31. The van der Waals surface area contributed by atoms with Crippen molar-refractivity contribution in [3.05, 3.63) is 24.0 Å². The van der Waals surface area contributed by atoms with Gasteiger partial charge in [0.15, 0.2) is 5.58 Å². The molecule has 2 unspecified atom stereocenters. The SMILES string of the molecule is O=C(CC1CCN(c2nc3ccc(F)cc3o2)CC1)N1CC2CCCC2C1. The van der Waals surface area contributed by atoms with Crippen molar-refractivity contribution in [3.63, 3.8) is 0 Å². The maximum Gasteiger partial charge on any atom is 0.298 e. The Morgan fingerprint density at radius 2 is 1.89 bits per heavy atom. The first-order valence-electron chi connectivity index (χ1n) is 10.2. The summed E-state index contributed by atoms with van der Waals surface area (Å²) in [6.07, 6.45) is 6.58. The van der Waals surface area contributed by atoms with E-state index in [1.54, 1.807) is 6.07 Å². The van der Waals surface area contributed by atoms with E-state index in [0.717, 1.165) is 50.9 Å². The topological polar surface area (TPSA) is 49.6 Å². The van der Waals surface area contributed by atoms with Crippen LogP contribution >= 0.6 is 0 Å². The molecular formula is C21H26FN3O2. The summed E-state index contributed by atoms with van der Waals surface area (Å²) in [5.41, 5.74) is 1.17. The van der Waals surface area contributed by atoms with Crippen molar-refractivity contribution in [1.29, 1.82) is 0 Å². The molecule has 1 amide bonds. The Morgan fingerprint density at radius 1 is 1.15 bits per heavy atom. The number of fused-ring (bicyclic) bond motifs is 2. The summed E-state index contributed by atoms with van der Waals surface area (Å²) in [5.74, 6) is 2.00. The molecule has 2 aliphatic heterocycles. The van der Waals surface area contributed by atoms with E-state index in [-0.39, 0.29) is 5.82 Å². The van der Waals surface area contributed by atoms with Gasteiger partial charge in [-0.25, -0.2) is 4.39 Å². The maximum atomic E-state index is 13.3. The highest BCUT2D eigenvalue weighted by Gasteiger charge is 2.38. The first-order chi connectivity index (χ1) is 13.2. The van der Waals surface area contributed by atoms with Gasteiger partial charge in [0.25, 0.3) is 6.01 Å². The van der Waals surface area contributed by atoms with Crippen molar-refractivity contribution in [2.45, 2.75) is 38.5 Å². The Balaban J connectivity index is 1.16. The second-order valence-electron chi connectivity index (χ2n) is 8.49. The first-order valence-corrected chi connectivity index (χ1v) is 10.2. The fourth-order valence-electron chi connectivity index (χ4n) is 5.16. The van der Waals surface area contributed by atoms with Crippen molar-refractivity contribution in [2.75, 3.05) is 31.1 Å². The summed E-state index contributed by atoms with van der Waals surface area (Å²) in [6.45, 7) is 3.64. The Hall–Kier alpha value is -2.11. The van der Waals surface area contributed by atoms with E-state index in [1.165, 1.54) is 31.4 Å². The summed E-state index contributed by atoms with van der Waals surface area (Å²) < 4.78 is 19.1. The Kier molecular flexibility index (Phi) is 4.29. The minimum atomic E-state index is -0.312. The lowest BCUT2D eigenvalue weighted by atomic mass is 9.93. The van der Waals surface area contributed by atoms with Gasteiger partial charge in [0, 0.05) is 38.7 Å². The highest BCUT2D eigenvalue weighted by Crippen LogP contribution is 2.38. The van der Waals surface area contributed by atoms with Crippen LogP contribution in [0.2, 0.25) is 0 Å². The van der Waals surface area contributed by atoms with Crippen molar-refractivity contribution in [3.8, 4) is 0 Å². The zero-order chi connectivity index (χ0) is 18.4. The van der Waals surface area contributed by atoms with Crippen LogP contribution in [0.1, 0.15) is 38.5 Å². The maximum absolute atomic E-state index is 13.3. The molecule has 1 aromatic heterocycles. The number of carbonyl (C=O) groups is 1. The van der Waals surface area contributed by atoms with Crippen LogP contribution in [0.5, 0.6) is 0 Å². The number of benzene rings is 1. The minimum absolute atomic E-state index is 0.312. The fourth-order valence-corrected chi connectivity index (χ4v) is 5.16. The van der Waals surface area contributed by atoms with Gasteiger partial charge in [0.1, 0.15) is 11.3 Å². The predicted molar refractivity (Wildman–Crippen MR) is 101 cm³/mol. The smallest absolute Gasteiger partial charge is 0.298 e. The van der Waals surface area contributed by atoms with Crippen LogP contribution in [0.3, 0.4) is 0 Å². The monoisotopic (exact) mass is 371 g/mol. The Morgan fingerprint density at radius 3 is 2.63 bits per heavy atom. The predicted octanol–water partition coefficient (Wildman–Crippen LogP) is 3.83. The van der Waals surface area contributed by atoms with E-state index >= 15 is 0 Å². The molecular weight excluding hydrogens is 345 g/mol. The van der Waals surface area contributed by atoms with Crippen molar-refractivity contribution >= 4 is 23.0 Å². The third kappa shape index (κ3) is 3.30. The number of nitrogens with zero attached hydrogens (tertiary/aromatic N) is 3. The largest absolute Gasteiger partial charge is 0.423 e. The number of likely N-dealkylation sites (tertiary alicyclic amines) is 1. The zero-order valence-corrected chi connectivity index (χ0v) is 15.6. The summed E-state index contributed by atoms with van der Waals surface area (Å²) in [6, 6.07) is 4.99. The number of amides is 1. The van der Waals surface area contributed by atoms with Crippen molar-refractivity contribution < 1.29 is 13.6 Å². The number of halogens is 1. The molecule has 5 rings (SSSR count). The molecule has 2 atom stereocenters. The van der Waals surface area contributed by atoms with Gasteiger partial charge < -0.3 is 14.2 Å². The third-order valence-electron chi connectivity index (χ3n) is 6.77. The Bertz CT molecular complexity index is 831. The summed E-state index contributed by atoms with van der Waals surface area (Å²) in [5, 5.41) is 0. The van der Waals surface area contributed by atoms with E-state index < -0.39 is 0 Å². The number of anilines is 1. The molecule has 144 valence electrons. The van der Waals surface area contributed by atoms with E-state index in [0.29, 0.717) is 35.4 Å². The van der Waals surface area contributed by atoms with E-state index in [4.69, 9.17) is 4.42 Å². The average Bonchev–Trinajstić information content (AvgIpc) is 3.36. The zero-order valence-electron chi connectivity index (χ0n) is 15.6. The molecule has 0 bridgehead atoms. The minimum Gasteiger partial charge on any atom is -0.423 e. The second-order valence-corrected chi connectivity index (χ2v) is 8.49. The normalized spacial score (nSPS) is 26.1. The highest BCUT2D eigenvalue weighted by molar-refractivity contribution is 5.77. The van der Waals surface area contributed by atoms with Crippen molar-refractivity contribution in [2.24, 2.45) is 17.8 Å². The lowest BCUT2D eigenvalue weighted by Crippen LogP contribution is -2.37. The fraction of sp³-hybridized carbons (Fsp3) is 0.619. The van der Waals surface area contributed by atoms with Crippen LogP contribution in [0.25, 0.3) is 11.1 Å². The number of carbonyl (C=O) groups excluding carboxylic acids is 1. The van der Waals surface area contributed by atoms with E-state index in [2.05, 4.69) is 14.8 Å². The quantitative estimate of drug-likeness (QED) is 0.823. The average molecular weight is 371 g/mol. The molecule has 1 aliphatic carbocycles. The summed E-state index contributed by atoms with van der Waals surface area (Å²) in [4.78, 5) is 21.4. The van der Waals surface area contributed by atoms with Crippen molar-refractivity contribution in [1.82, 2.24) is 9.88 Å². The molecule has 1 saturated carbocycles. The molecule has 27 heavy (non-hydrogen) atoms. The van der Waals surface area contributed by atoms with Gasteiger partial charge in [0.2, 0.25) is 5.91 Å². The molecule has 3 heterocycles. The van der Waals surface area contributed by atoms with E-state index in [9.17, 15) is 9.18 Å². The van der Waals surface area contributed by atoms with Crippen LogP contribution in [0.15, 0.2) is 22.6 Å². The number of oxazole rings is 1. The van der Waals surface area contributed by atoms with Gasteiger partial charge in [-0.3, -0.25) is 4.79 Å². The number of piperidine rings is 1. The number of hydrogen-bond acceptors (Lipinski definition) is 4. The molecule has 2 aromatic rings.